The van der Waals surface area contributed by atoms with Crippen molar-refractivity contribution in [2.24, 2.45) is 21.2 Å². The van der Waals surface area contributed by atoms with E-state index < -0.39 is 23.5 Å². The van der Waals surface area contributed by atoms with Crippen LogP contribution in [0.4, 0.5) is 11.4 Å². The third-order valence-corrected chi connectivity index (χ3v) is 6.57. The van der Waals surface area contributed by atoms with Crippen molar-refractivity contribution in [3.63, 3.8) is 0 Å². The third kappa shape index (κ3) is 5.91. The largest absolute Gasteiger partial charge is 0.612 e. The maximum atomic E-state index is 13.0. The molecule has 0 aromatic heterocycles. The fourth-order valence-corrected chi connectivity index (χ4v) is 4.50. The first-order valence-electron chi connectivity index (χ1n) is 12.3. The minimum Gasteiger partial charge on any atom is -0.612 e. The van der Waals surface area contributed by atoms with E-state index in [1.54, 1.807) is 55.3 Å². The topological polar surface area (TPSA) is 114 Å². The zero-order chi connectivity index (χ0) is 28.2. The maximum absolute atomic E-state index is 13.0. The van der Waals surface area contributed by atoms with Crippen molar-refractivity contribution in [3.05, 3.63) is 81.9 Å². The molecule has 2 aromatic carbocycles. The number of hydrazone groups is 1. The Morgan fingerprint density at radius 2 is 1.72 bits per heavy atom. The molecule has 2 aromatic rings. The van der Waals surface area contributed by atoms with Gasteiger partial charge in [0.15, 0.2) is 0 Å². The smallest absolute Gasteiger partial charge is 0.426 e. The second kappa shape index (κ2) is 11.9. The highest BCUT2D eigenvalue weighted by molar-refractivity contribution is 6.34. The highest BCUT2D eigenvalue weighted by Crippen LogP contribution is 2.35. The van der Waals surface area contributed by atoms with Gasteiger partial charge in [0.2, 0.25) is 0 Å². The Labute approximate surface area is 236 Å². The van der Waals surface area contributed by atoms with Gasteiger partial charge in [-0.15, -0.1) is 0 Å². The number of nitrogens with one attached hydrogen (secondary N) is 1. The average Bonchev–Trinajstić information content (AvgIpc) is 3.11. The SMILES string of the molecule is CCOC(=O)C1=[N+]2N=CC(/C(N=Nc3ccc(Cl)cc3)=C(\[O-])OCC)C(C)=CC2(C)N(c2ccc(Cl)cc2)N1. The molecule has 2 heterocycles. The zero-order valence-corrected chi connectivity index (χ0v) is 23.4. The number of allylic oxidation sites excluding steroid dienone is 1. The van der Waals surface area contributed by atoms with Gasteiger partial charge in [0.1, 0.15) is 0 Å². The Balaban J connectivity index is 1.83. The molecule has 0 fully saturated rings. The van der Waals surface area contributed by atoms with Gasteiger partial charge in [-0.05, 0) is 75.1 Å². The van der Waals surface area contributed by atoms with E-state index in [0.29, 0.717) is 15.7 Å². The molecule has 12 heteroatoms. The van der Waals surface area contributed by atoms with Gasteiger partial charge in [-0.1, -0.05) is 45.5 Å². The lowest BCUT2D eigenvalue weighted by Crippen LogP contribution is -2.51. The Hall–Kier alpha value is -3.89. The van der Waals surface area contributed by atoms with E-state index >= 15 is 0 Å². The number of hydrogen-bond donors (Lipinski definition) is 1. The number of rotatable bonds is 8. The van der Waals surface area contributed by atoms with Crippen molar-refractivity contribution in [1.82, 2.24) is 5.43 Å². The molecule has 2 aliphatic rings. The molecule has 0 spiro atoms. The Kier molecular flexibility index (Phi) is 8.57. The summed E-state index contributed by atoms with van der Waals surface area (Å²) < 4.78 is 12.1. The summed E-state index contributed by atoms with van der Waals surface area (Å²) in [5, 5.41) is 29.1. The molecule has 2 atom stereocenters. The number of anilines is 1. The lowest BCUT2D eigenvalue weighted by Gasteiger charge is -2.28. The summed E-state index contributed by atoms with van der Waals surface area (Å²) in [6.45, 7) is 7.51. The van der Waals surface area contributed by atoms with Crippen molar-refractivity contribution in [3.8, 4) is 0 Å². The molecule has 39 heavy (non-hydrogen) atoms. The number of benzene rings is 2. The molecule has 4 rings (SSSR count). The van der Waals surface area contributed by atoms with Crippen LogP contribution < -0.4 is 15.5 Å². The highest BCUT2D eigenvalue weighted by Gasteiger charge is 2.54. The normalized spacial score (nSPS) is 21.2. The summed E-state index contributed by atoms with van der Waals surface area (Å²) >= 11 is 12.1. The van der Waals surface area contributed by atoms with E-state index in [1.807, 2.05) is 32.1 Å². The quantitative estimate of drug-likeness (QED) is 0.158. The number of hydrazine groups is 1. The number of azo groups is 1. The summed E-state index contributed by atoms with van der Waals surface area (Å²) in [4.78, 5) is 12.9. The summed E-state index contributed by atoms with van der Waals surface area (Å²) in [5.74, 6) is -1.80. The van der Waals surface area contributed by atoms with Crippen LogP contribution in [0.25, 0.3) is 0 Å². The van der Waals surface area contributed by atoms with E-state index in [-0.39, 0.29) is 24.7 Å². The van der Waals surface area contributed by atoms with Crippen molar-refractivity contribution in [2.45, 2.75) is 33.4 Å². The van der Waals surface area contributed by atoms with Crippen LogP contribution in [0.15, 0.2) is 87.2 Å². The summed E-state index contributed by atoms with van der Waals surface area (Å²) in [5.41, 5.74) is 4.12. The monoisotopic (exact) mass is 570 g/mol. The van der Waals surface area contributed by atoms with Gasteiger partial charge >= 0.3 is 11.8 Å². The molecule has 1 N–H and O–H groups in total. The van der Waals surface area contributed by atoms with Crippen molar-refractivity contribution in [2.75, 3.05) is 18.2 Å². The molecular formula is C27H28Cl2N6O4. The predicted molar refractivity (Wildman–Crippen MR) is 148 cm³/mol. The van der Waals surface area contributed by atoms with Crippen LogP contribution in [-0.4, -0.2) is 41.6 Å². The molecule has 2 unspecified atom stereocenters. The molecular weight excluding hydrogens is 543 g/mol. The van der Waals surface area contributed by atoms with Gasteiger partial charge in [-0.3, -0.25) is 0 Å². The average molecular weight is 571 g/mol. The van der Waals surface area contributed by atoms with Gasteiger partial charge in [-0.25, -0.2) is 4.79 Å². The third-order valence-electron chi connectivity index (χ3n) is 6.07. The first-order chi connectivity index (χ1) is 18.7. The number of hydrogen-bond acceptors (Lipinski definition) is 9. The Morgan fingerprint density at radius 1 is 1.10 bits per heavy atom. The number of halogens is 2. The number of nitrogens with zero attached hydrogens (tertiary/aromatic N) is 5. The standard InChI is InChI=1S/C27H28Cl2N6O4/c1-5-38-25(36)23(32-31-20-11-7-18(28)8-12-20)22-16-30-35-24(26(37)39-6-2)33-34(27(35,4)15-17(22)3)21-13-9-19(29)10-14-21/h7-16,22H,5-6H2,1-4H3,(H,31,36). The van der Waals surface area contributed by atoms with Crippen LogP contribution in [0.1, 0.15) is 27.7 Å². The van der Waals surface area contributed by atoms with Crippen LogP contribution in [0, 0.1) is 5.92 Å². The number of amidine groups is 1. The van der Waals surface area contributed by atoms with Crippen LogP contribution in [-0.2, 0) is 14.3 Å². The highest BCUT2D eigenvalue weighted by atomic mass is 35.5. The second-order valence-corrected chi connectivity index (χ2v) is 9.68. The van der Waals surface area contributed by atoms with Crippen LogP contribution in [0.2, 0.25) is 10.0 Å². The Morgan fingerprint density at radius 3 is 2.33 bits per heavy atom. The van der Waals surface area contributed by atoms with Gasteiger partial charge in [0.05, 0.1) is 41.8 Å². The van der Waals surface area contributed by atoms with Crippen molar-refractivity contribution >= 4 is 52.6 Å². The second-order valence-electron chi connectivity index (χ2n) is 8.81. The van der Waals surface area contributed by atoms with Crippen molar-refractivity contribution < 1.29 is 24.1 Å². The number of esters is 1. The zero-order valence-electron chi connectivity index (χ0n) is 21.9. The van der Waals surface area contributed by atoms with Gasteiger partial charge < -0.3 is 14.6 Å². The van der Waals surface area contributed by atoms with Crippen LogP contribution in [0.3, 0.4) is 0 Å². The number of fused-ring (bicyclic) bond motifs is 1. The Bertz CT molecular complexity index is 1390. The van der Waals surface area contributed by atoms with Gasteiger partial charge in [0, 0.05) is 17.0 Å². The van der Waals surface area contributed by atoms with E-state index in [4.69, 9.17) is 32.7 Å². The number of carbonyl (C=O) groups is 1. The molecule has 0 saturated heterocycles. The van der Waals surface area contributed by atoms with Crippen molar-refractivity contribution in [1.29, 1.82) is 0 Å². The fourth-order valence-electron chi connectivity index (χ4n) is 4.25. The minimum atomic E-state index is -1.02. The minimum absolute atomic E-state index is 0.0396. The fraction of sp³-hybridized carbons (Fsp3) is 0.296. The van der Waals surface area contributed by atoms with E-state index in [0.717, 1.165) is 11.3 Å². The molecule has 0 radical (unpaired) electrons. The van der Waals surface area contributed by atoms with Crippen LogP contribution >= 0.6 is 23.2 Å². The van der Waals surface area contributed by atoms with E-state index in [9.17, 15) is 9.90 Å². The number of ether oxygens (including phenoxy) is 2. The van der Waals surface area contributed by atoms with E-state index in [2.05, 4.69) is 20.8 Å². The molecule has 2 aliphatic heterocycles. The molecule has 204 valence electrons. The molecule has 0 bridgehead atoms. The summed E-state index contributed by atoms with van der Waals surface area (Å²) in [6.07, 6.45) is 3.44. The number of carbonyl (C=O) groups excluding carboxylic acids is 1. The predicted octanol–water partition coefficient (Wildman–Crippen LogP) is 4.92. The molecule has 10 nitrogen and oxygen atoms in total. The maximum Gasteiger partial charge on any atom is 0.426 e. The van der Waals surface area contributed by atoms with Gasteiger partial charge in [0.25, 0.3) is 5.66 Å². The molecule has 0 aliphatic carbocycles. The van der Waals surface area contributed by atoms with E-state index in [1.165, 1.54) is 10.9 Å². The summed E-state index contributed by atoms with van der Waals surface area (Å²) in [6, 6.07) is 13.9. The van der Waals surface area contributed by atoms with Gasteiger partial charge in [-0.2, -0.15) is 20.7 Å². The lowest BCUT2D eigenvalue weighted by atomic mass is 9.95. The van der Waals surface area contributed by atoms with Crippen LogP contribution in [0.5, 0.6) is 0 Å². The first-order valence-corrected chi connectivity index (χ1v) is 13.0. The first kappa shape index (κ1) is 28.1. The summed E-state index contributed by atoms with van der Waals surface area (Å²) in [7, 11) is 0. The molecule has 0 saturated carbocycles. The molecule has 0 amide bonds. The lowest BCUT2D eigenvalue weighted by molar-refractivity contribution is -0.586.